The fourth-order valence-electron chi connectivity index (χ4n) is 1.89. The van der Waals surface area contributed by atoms with Crippen LogP contribution in [0.1, 0.15) is 25.8 Å². The third kappa shape index (κ3) is 3.12. The van der Waals surface area contributed by atoms with E-state index in [0.29, 0.717) is 6.42 Å². The van der Waals surface area contributed by atoms with Gasteiger partial charge in [-0.2, -0.15) is 0 Å². The van der Waals surface area contributed by atoms with Gasteiger partial charge in [-0.05, 0) is 31.3 Å². The molecule has 0 aromatic heterocycles. The SMILES string of the molecule is CC1OB(c2ccc(CCC(=O)O)cc2)OC1C. The third-order valence-corrected chi connectivity index (χ3v) is 3.22. The summed E-state index contributed by atoms with van der Waals surface area (Å²) in [5.41, 5.74) is 1.99. The van der Waals surface area contributed by atoms with E-state index in [9.17, 15) is 4.79 Å². The Morgan fingerprint density at radius 1 is 1.22 bits per heavy atom. The molecule has 0 amide bonds. The minimum atomic E-state index is -0.774. The Bertz CT molecular complexity index is 408. The highest BCUT2D eigenvalue weighted by molar-refractivity contribution is 6.61. The zero-order chi connectivity index (χ0) is 13.1. The molecule has 1 N–H and O–H groups in total. The third-order valence-electron chi connectivity index (χ3n) is 3.22. The molecule has 1 aliphatic rings. The summed E-state index contributed by atoms with van der Waals surface area (Å²) in [4.78, 5) is 10.5. The first-order valence-corrected chi connectivity index (χ1v) is 6.18. The predicted molar refractivity (Wildman–Crippen MR) is 68.9 cm³/mol. The molecule has 1 aromatic carbocycles. The second kappa shape index (κ2) is 5.54. The first-order chi connectivity index (χ1) is 8.56. The van der Waals surface area contributed by atoms with Crippen molar-refractivity contribution < 1.29 is 19.2 Å². The molecular formula is C13H17BO4. The fourth-order valence-corrected chi connectivity index (χ4v) is 1.89. The number of aliphatic carboxylic acids is 1. The van der Waals surface area contributed by atoms with Gasteiger partial charge in [-0.1, -0.05) is 24.3 Å². The van der Waals surface area contributed by atoms with E-state index in [1.165, 1.54) is 0 Å². The molecule has 96 valence electrons. The Labute approximate surface area is 107 Å². The number of benzene rings is 1. The fraction of sp³-hybridized carbons (Fsp3) is 0.462. The van der Waals surface area contributed by atoms with Gasteiger partial charge in [0.05, 0.1) is 12.2 Å². The molecule has 0 aliphatic carbocycles. The Balaban J connectivity index is 1.97. The van der Waals surface area contributed by atoms with Crippen molar-refractivity contribution >= 4 is 18.6 Å². The van der Waals surface area contributed by atoms with E-state index in [1.54, 1.807) is 0 Å². The lowest BCUT2D eigenvalue weighted by molar-refractivity contribution is -0.136. The van der Waals surface area contributed by atoms with Crippen LogP contribution < -0.4 is 5.46 Å². The Kier molecular flexibility index (Phi) is 4.04. The number of hydrogen-bond donors (Lipinski definition) is 1. The maximum absolute atomic E-state index is 10.5. The molecule has 0 radical (unpaired) electrons. The van der Waals surface area contributed by atoms with Crippen molar-refractivity contribution in [2.45, 2.75) is 38.9 Å². The minimum absolute atomic E-state index is 0.0988. The highest BCUT2D eigenvalue weighted by atomic mass is 16.7. The summed E-state index contributed by atoms with van der Waals surface area (Å²) in [5.74, 6) is -0.774. The molecule has 0 spiro atoms. The van der Waals surface area contributed by atoms with Gasteiger partial charge in [0.25, 0.3) is 0 Å². The van der Waals surface area contributed by atoms with Crippen molar-refractivity contribution in [3.8, 4) is 0 Å². The molecule has 2 unspecified atom stereocenters. The monoisotopic (exact) mass is 248 g/mol. The number of carboxylic acids is 1. The molecule has 1 aromatic rings. The first-order valence-electron chi connectivity index (χ1n) is 6.18. The number of carbonyl (C=O) groups is 1. The van der Waals surface area contributed by atoms with Crippen LogP contribution in [0.15, 0.2) is 24.3 Å². The maximum Gasteiger partial charge on any atom is 0.494 e. The standard InChI is InChI=1S/C13H17BO4/c1-9-10(2)18-14(17-9)12-6-3-11(4-7-12)5-8-13(15)16/h3-4,6-7,9-10H,5,8H2,1-2H3,(H,15,16). The molecule has 1 fully saturated rings. The van der Waals surface area contributed by atoms with Crippen molar-refractivity contribution in [1.82, 2.24) is 0 Å². The highest BCUT2D eigenvalue weighted by Gasteiger charge is 2.35. The van der Waals surface area contributed by atoms with Crippen molar-refractivity contribution in [2.75, 3.05) is 0 Å². The van der Waals surface area contributed by atoms with E-state index in [1.807, 2.05) is 38.1 Å². The number of aryl methyl sites for hydroxylation is 1. The van der Waals surface area contributed by atoms with E-state index in [-0.39, 0.29) is 25.7 Å². The van der Waals surface area contributed by atoms with Crippen molar-refractivity contribution in [3.63, 3.8) is 0 Å². The topological polar surface area (TPSA) is 55.8 Å². The van der Waals surface area contributed by atoms with Gasteiger partial charge >= 0.3 is 13.1 Å². The Morgan fingerprint density at radius 3 is 2.28 bits per heavy atom. The summed E-state index contributed by atoms with van der Waals surface area (Å²) in [6.07, 6.45) is 0.905. The van der Waals surface area contributed by atoms with Crippen LogP contribution in [0.2, 0.25) is 0 Å². The van der Waals surface area contributed by atoms with E-state index in [4.69, 9.17) is 14.4 Å². The lowest BCUT2D eigenvalue weighted by Gasteiger charge is -2.06. The normalized spacial score (nSPS) is 23.3. The summed E-state index contributed by atoms with van der Waals surface area (Å²) in [6.45, 7) is 3.98. The molecule has 1 saturated heterocycles. The largest absolute Gasteiger partial charge is 0.494 e. The molecule has 0 saturated carbocycles. The summed E-state index contributed by atoms with van der Waals surface area (Å²) in [6, 6.07) is 7.73. The van der Waals surface area contributed by atoms with Crippen LogP contribution in [0.4, 0.5) is 0 Å². The number of hydrogen-bond acceptors (Lipinski definition) is 3. The maximum atomic E-state index is 10.5. The van der Waals surface area contributed by atoms with E-state index < -0.39 is 5.97 Å². The first kappa shape index (κ1) is 13.1. The quantitative estimate of drug-likeness (QED) is 0.814. The van der Waals surface area contributed by atoms with Crippen LogP contribution >= 0.6 is 0 Å². The zero-order valence-electron chi connectivity index (χ0n) is 10.6. The second-order valence-electron chi connectivity index (χ2n) is 4.65. The Morgan fingerprint density at radius 2 is 1.78 bits per heavy atom. The summed E-state index contributed by atoms with van der Waals surface area (Å²) < 4.78 is 11.4. The van der Waals surface area contributed by atoms with Crippen LogP contribution in [0.25, 0.3) is 0 Å². The molecular weight excluding hydrogens is 231 g/mol. The van der Waals surface area contributed by atoms with Gasteiger partial charge in [-0.3, -0.25) is 4.79 Å². The lowest BCUT2D eigenvalue weighted by Crippen LogP contribution is -2.32. The average Bonchev–Trinajstić information content (AvgIpc) is 2.68. The average molecular weight is 248 g/mol. The highest BCUT2D eigenvalue weighted by Crippen LogP contribution is 2.15. The van der Waals surface area contributed by atoms with Crippen molar-refractivity contribution in [3.05, 3.63) is 29.8 Å². The van der Waals surface area contributed by atoms with Gasteiger partial charge < -0.3 is 14.4 Å². The van der Waals surface area contributed by atoms with Crippen molar-refractivity contribution in [1.29, 1.82) is 0 Å². The number of rotatable bonds is 4. The molecule has 1 heterocycles. The van der Waals surface area contributed by atoms with Gasteiger partial charge in [-0.15, -0.1) is 0 Å². The van der Waals surface area contributed by atoms with Gasteiger partial charge in [0.2, 0.25) is 0 Å². The van der Waals surface area contributed by atoms with Gasteiger partial charge in [0, 0.05) is 6.42 Å². The van der Waals surface area contributed by atoms with E-state index >= 15 is 0 Å². The van der Waals surface area contributed by atoms with Crippen LogP contribution in [0.3, 0.4) is 0 Å². The second-order valence-corrected chi connectivity index (χ2v) is 4.65. The zero-order valence-corrected chi connectivity index (χ0v) is 10.6. The summed E-state index contributed by atoms with van der Waals surface area (Å²) >= 11 is 0. The molecule has 18 heavy (non-hydrogen) atoms. The van der Waals surface area contributed by atoms with Gasteiger partial charge in [0.1, 0.15) is 0 Å². The van der Waals surface area contributed by atoms with Crippen molar-refractivity contribution in [2.24, 2.45) is 0 Å². The summed E-state index contributed by atoms with van der Waals surface area (Å²) in [7, 11) is -0.302. The molecule has 4 nitrogen and oxygen atoms in total. The molecule has 2 atom stereocenters. The van der Waals surface area contributed by atoms with Gasteiger partial charge in [-0.25, -0.2) is 0 Å². The molecule has 2 rings (SSSR count). The van der Waals surface area contributed by atoms with Gasteiger partial charge in [0.15, 0.2) is 0 Å². The van der Waals surface area contributed by atoms with Crippen LogP contribution in [0.5, 0.6) is 0 Å². The Hall–Kier alpha value is -1.33. The van der Waals surface area contributed by atoms with Crippen LogP contribution in [0, 0.1) is 0 Å². The summed E-state index contributed by atoms with van der Waals surface area (Å²) in [5, 5.41) is 8.62. The molecule has 0 bridgehead atoms. The number of carboxylic acid groups (broad SMARTS) is 1. The smallest absolute Gasteiger partial charge is 0.481 e. The molecule has 1 aliphatic heterocycles. The van der Waals surface area contributed by atoms with E-state index in [2.05, 4.69) is 0 Å². The van der Waals surface area contributed by atoms with E-state index in [0.717, 1.165) is 11.0 Å². The minimum Gasteiger partial charge on any atom is -0.481 e. The molecule has 5 heteroatoms. The lowest BCUT2D eigenvalue weighted by atomic mass is 9.79. The van der Waals surface area contributed by atoms with Crippen LogP contribution in [-0.2, 0) is 20.5 Å². The van der Waals surface area contributed by atoms with Crippen LogP contribution in [-0.4, -0.2) is 30.4 Å². The predicted octanol–water partition coefficient (Wildman–Crippen LogP) is 1.22.